The Morgan fingerprint density at radius 2 is 2.29 bits per heavy atom. The van der Waals surface area contributed by atoms with Crippen LogP contribution in [0.4, 0.5) is 0 Å². The summed E-state index contributed by atoms with van der Waals surface area (Å²) in [6.07, 6.45) is 0.873. The van der Waals surface area contributed by atoms with Crippen LogP contribution in [-0.4, -0.2) is 24.1 Å². The average Bonchev–Trinajstić information content (AvgIpc) is 2.36. The second kappa shape index (κ2) is 4.47. The van der Waals surface area contributed by atoms with E-state index in [1.165, 1.54) is 0 Å². The highest BCUT2D eigenvalue weighted by atomic mass is 16.5. The number of aliphatic hydroxyl groups excluding tert-OH is 1. The molecule has 0 amide bonds. The van der Waals surface area contributed by atoms with E-state index in [4.69, 9.17) is 10.5 Å². The molecular formula is C13H17NO3. The summed E-state index contributed by atoms with van der Waals surface area (Å²) in [6.45, 7) is 0. The van der Waals surface area contributed by atoms with Gasteiger partial charge in [-0.1, -0.05) is 12.1 Å². The third kappa shape index (κ3) is 2.06. The molecule has 1 aliphatic rings. The van der Waals surface area contributed by atoms with Gasteiger partial charge in [-0.05, 0) is 37.0 Å². The van der Waals surface area contributed by atoms with Gasteiger partial charge in [-0.15, -0.1) is 0 Å². The lowest BCUT2D eigenvalue weighted by Gasteiger charge is -2.34. The number of methoxy groups -OCH3 is 1. The molecular weight excluding hydrogens is 218 g/mol. The van der Waals surface area contributed by atoms with Gasteiger partial charge in [-0.3, -0.25) is 4.79 Å². The number of carbonyl (C=O) groups excluding carboxylic acids is 1. The van der Waals surface area contributed by atoms with Crippen LogP contribution >= 0.6 is 0 Å². The number of carbonyl (C=O) groups is 1. The molecule has 1 aromatic rings. The summed E-state index contributed by atoms with van der Waals surface area (Å²) in [5.74, 6) is 0.372. The molecule has 4 nitrogen and oxygen atoms in total. The Morgan fingerprint density at radius 3 is 3.00 bits per heavy atom. The van der Waals surface area contributed by atoms with Crippen LogP contribution < -0.4 is 10.5 Å². The van der Waals surface area contributed by atoms with Crippen molar-refractivity contribution in [3.05, 3.63) is 29.8 Å². The Kier molecular flexibility index (Phi) is 3.17. The lowest BCUT2D eigenvalue weighted by molar-refractivity contribution is -0.136. The molecule has 92 valence electrons. The number of ether oxygens (including phenoxy) is 1. The lowest BCUT2D eigenvalue weighted by atomic mass is 9.75. The zero-order valence-electron chi connectivity index (χ0n) is 9.85. The molecule has 0 aromatic heterocycles. The van der Waals surface area contributed by atoms with Crippen LogP contribution in [0, 0.1) is 0 Å². The number of hydrogen-bond acceptors (Lipinski definition) is 4. The van der Waals surface area contributed by atoms with E-state index in [0.29, 0.717) is 24.2 Å². The van der Waals surface area contributed by atoms with Crippen LogP contribution in [0.2, 0.25) is 0 Å². The molecule has 1 aromatic carbocycles. The van der Waals surface area contributed by atoms with Crippen molar-refractivity contribution in [3.8, 4) is 5.75 Å². The van der Waals surface area contributed by atoms with Crippen molar-refractivity contribution in [2.75, 3.05) is 7.11 Å². The molecule has 3 N–H and O–H groups in total. The van der Waals surface area contributed by atoms with Crippen LogP contribution in [0.15, 0.2) is 24.3 Å². The van der Waals surface area contributed by atoms with E-state index in [0.717, 1.165) is 6.42 Å². The summed E-state index contributed by atoms with van der Waals surface area (Å²) in [4.78, 5) is 12.0. The number of hydrogen-bond donors (Lipinski definition) is 2. The summed E-state index contributed by atoms with van der Waals surface area (Å²) in [6, 6.07) is 7.17. The van der Waals surface area contributed by atoms with Crippen LogP contribution in [0.3, 0.4) is 0 Å². The number of ketones is 1. The quantitative estimate of drug-likeness (QED) is 0.801. The molecule has 1 fully saturated rings. The number of nitrogens with two attached hydrogens (primary N) is 1. The Balaban J connectivity index is 2.39. The molecule has 0 saturated heterocycles. The summed E-state index contributed by atoms with van der Waals surface area (Å²) in [5, 5.41) is 9.64. The smallest absolute Gasteiger partial charge is 0.185 e. The first-order valence-corrected chi connectivity index (χ1v) is 5.74. The van der Waals surface area contributed by atoms with Gasteiger partial charge in [0.15, 0.2) is 5.78 Å². The van der Waals surface area contributed by atoms with Crippen molar-refractivity contribution in [3.63, 3.8) is 0 Å². The van der Waals surface area contributed by atoms with Gasteiger partial charge in [0.1, 0.15) is 17.4 Å². The number of benzene rings is 1. The van der Waals surface area contributed by atoms with Gasteiger partial charge in [0, 0.05) is 0 Å². The number of Topliss-reactive ketones (excluding diaryl/α,β-unsaturated/α-hetero) is 1. The van der Waals surface area contributed by atoms with E-state index in [2.05, 4.69) is 0 Å². The summed E-state index contributed by atoms with van der Waals surface area (Å²) in [5.41, 5.74) is 5.80. The fraction of sp³-hybridized carbons (Fsp3) is 0.462. The Hall–Kier alpha value is -1.39. The van der Waals surface area contributed by atoms with Crippen molar-refractivity contribution in [1.82, 2.24) is 0 Å². The number of rotatable bonds is 2. The molecule has 0 bridgehead atoms. The van der Waals surface area contributed by atoms with Crippen molar-refractivity contribution >= 4 is 5.78 Å². The third-order valence-electron chi connectivity index (χ3n) is 3.38. The monoisotopic (exact) mass is 235 g/mol. The first-order chi connectivity index (χ1) is 8.08. The summed E-state index contributed by atoms with van der Waals surface area (Å²) in [7, 11) is 1.57. The minimum absolute atomic E-state index is 0.294. The minimum atomic E-state index is -1.08. The fourth-order valence-corrected chi connectivity index (χ4v) is 2.31. The van der Waals surface area contributed by atoms with E-state index < -0.39 is 11.6 Å². The molecule has 0 heterocycles. The summed E-state index contributed by atoms with van der Waals surface area (Å²) < 4.78 is 5.12. The van der Waals surface area contributed by atoms with Crippen LogP contribution in [-0.2, 0) is 10.3 Å². The third-order valence-corrected chi connectivity index (χ3v) is 3.38. The van der Waals surface area contributed by atoms with Crippen molar-refractivity contribution < 1.29 is 14.6 Å². The largest absolute Gasteiger partial charge is 0.497 e. The van der Waals surface area contributed by atoms with Crippen LogP contribution in [0.5, 0.6) is 5.75 Å². The maximum absolute atomic E-state index is 12.0. The van der Waals surface area contributed by atoms with Gasteiger partial charge in [-0.25, -0.2) is 0 Å². The zero-order chi connectivity index (χ0) is 12.5. The SMILES string of the molecule is COc1cccc(C2(N)CCCC(O)C2=O)c1. The lowest BCUT2D eigenvalue weighted by Crippen LogP contribution is -2.52. The van der Waals surface area contributed by atoms with E-state index >= 15 is 0 Å². The van der Waals surface area contributed by atoms with Gasteiger partial charge >= 0.3 is 0 Å². The molecule has 0 spiro atoms. The van der Waals surface area contributed by atoms with Crippen molar-refractivity contribution in [2.45, 2.75) is 30.9 Å². The van der Waals surface area contributed by atoms with Gasteiger partial charge in [-0.2, -0.15) is 0 Å². The standard InChI is InChI=1S/C13H17NO3/c1-17-10-5-2-4-9(8-10)13(14)7-3-6-11(15)12(13)16/h2,4-5,8,11,15H,3,6-7,14H2,1H3. The van der Waals surface area contributed by atoms with Crippen LogP contribution in [0.25, 0.3) is 0 Å². The molecule has 17 heavy (non-hydrogen) atoms. The maximum atomic E-state index is 12.0. The Labute approximate surface area is 100 Å². The second-order valence-electron chi connectivity index (χ2n) is 4.48. The molecule has 1 aliphatic carbocycles. The van der Waals surface area contributed by atoms with E-state index in [1.807, 2.05) is 0 Å². The van der Waals surface area contributed by atoms with Crippen molar-refractivity contribution in [1.29, 1.82) is 0 Å². The molecule has 1 saturated carbocycles. The highest BCUT2D eigenvalue weighted by Gasteiger charge is 2.42. The molecule has 0 radical (unpaired) electrons. The molecule has 2 unspecified atom stereocenters. The Morgan fingerprint density at radius 1 is 1.53 bits per heavy atom. The maximum Gasteiger partial charge on any atom is 0.185 e. The topological polar surface area (TPSA) is 72.6 Å². The normalized spacial score (nSPS) is 29.1. The molecule has 0 aliphatic heterocycles. The molecule has 4 heteroatoms. The van der Waals surface area contributed by atoms with Gasteiger partial charge in [0.25, 0.3) is 0 Å². The second-order valence-corrected chi connectivity index (χ2v) is 4.48. The first-order valence-electron chi connectivity index (χ1n) is 5.74. The zero-order valence-corrected chi connectivity index (χ0v) is 9.85. The van der Waals surface area contributed by atoms with Crippen molar-refractivity contribution in [2.24, 2.45) is 5.73 Å². The molecule has 2 atom stereocenters. The summed E-state index contributed by atoms with van der Waals surface area (Å²) >= 11 is 0. The highest BCUT2D eigenvalue weighted by Crippen LogP contribution is 2.33. The number of aliphatic hydroxyl groups is 1. The molecule has 2 rings (SSSR count). The van der Waals surface area contributed by atoms with Gasteiger partial charge in [0.2, 0.25) is 0 Å². The first kappa shape index (κ1) is 12.1. The predicted molar refractivity (Wildman–Crippen MR) is 63.7 cm³/mol. The van der Waals surface area contributed by atoms with Crippen LogP contribution in [0.1, 0.15) is 24.8 Å². The minimum Gasteiger partial charge on any atom is -0.497 e. The van der Waals surface area contributed by atoms with Gasteiger partial charge < -0.3 is 15.6 Å². The van der Waals surface area contributed by atoms with E-state index in [-0.39, 0.29) is 5.78 Å². The van der Waals surface area contributed by atoms with E-state index in [1.54, 1.807) is 31.4 Å². The predicted octanol–water partition coefficient (Wildman–Crippen LogP) is 0.963. The Bertz CT molecular complexity index is 432. The van der Waals surface area contributed by atoms with Gasteiger partial charge in [0.05, 0.1) is 7.11 Å². The average molecular weight is 235 g/mol. The highest BCUT2D eigenvalue weighted by molar-refractivity contribution is 5.93. The fourth-order valence-electron chi connectivity index (χ4n) is 2.31. The van der Waals surface area contributed by atoms with E-state index in [9.17, 15) is 9.90 Å².